The molecule has 1 rings (SSSR count). The van der Waals surface area contributed by atoms with Crippen LogP contribution in [0.15, 0.2) is 0 Å². The summed E-state index contributed by atoms with van der Waals surface area (Å²) in [6.45, 7) is 3.24. The quantitative estimate of drug-likeness (QED) is 0.126. The first-order valence-electron chi connectivity index (χ1n) is 15.2. The van der Waals surface area contributed by atoms with Crippen molar-refractivity contribution in [1.29, 1.82) is 0 Å². The van der Waals surface area contributed by atoms with E-state index in [1.807, 2.05) is 0 Å². The fourth-order valence-electron chi connectivity index (χ4n) is 3.21. The number of aliphatic hydroxyl groups is 1. The number of esters is 3. The van der Waals surface area contributed by atoms with Crippen molar-refractivity contribution in [2.75, 3.05) is 26.4 Å². The van der Waals surface area contributed by atoms with Crippen LogP contribution < -0.4 is 0 Å². The van der Waals surface area contributed by atoms with E-state index in [2.05, 4.69) is 189 Å². The third kappa shape index (κ3) is 24.1. The summed E-state index contributed by atoms with van der Waals surface area (Å²) in [5.74, 6) is 75.2. The van der Waals surface area contributed by atoms with E-state index in [1.165, 1.54) is 0 Å². The summed E-state index contributed by atoms with van der Waals surface area (Å²) in [4.78, 5) is 36.5. The minimum atomic E-state index is -1.24. The molecule has 1 heterocycles. The molecule has 0 radical (unpaired) electrons. The fraction of sp³-hybridized carbons (Fsp3) is 0.239. The van der Waals surface area contributed by atoms with Crippen LogP contribution in [0.2, 0.25) is 0 Å². The highest BCUT2D eigenvalue weighted by molar-refractivity contribution is 5.89. The number of hydrogen-bond donors (Lipinski definition) is 1. The zero-order valence-corrected chi connectivity index (χ0v) is 29.4. The molecule has 1 N–H and O–H groups in total. The van der Waals surface area contributed by atoms with Gasteiger partial charge in [-0.15, -0.1) is 0 Å². The van der Waals surface area contributed by atoms with Crippen molar-refractivity contribution in [1.82, 2.24) is 0 Å². The van der Waals surface area contributed by atoms with Crippen molar-refractivity contribution >= 4 is 17.9 Å². The van der Waals surface area contributed by atoms with Gasteiger partial charge in [-0.3, -0.25) is 4.79 Å². The minimum Gasteiger partial charge on any atom is -0.456 e. The third-order valence-electron chi connectivity index (χ3n) is 5.08. The Bertz CT molecular complexity index is 2630. The molecule has 0 spiro atoms. The number of carbonyl (C=O) groups excluding carboxylic acids is 3. The Morgan fingerprint density at radius 1 is 0.600 bits per heavy atom. The summed E-state index contributed by atoms with van der Waals surface area (Å²) in [5, 5.41) is 9.31. The highest BCUT2D eigenvalue weighted by Crippen LogP contribution is 2.25. The van der Waals surface area contributed by atoms with Gasteiger partial charge in [0.05, 0.1) is 19.8 Å². The highest BCUT2D eigenvalue weighted by atomic mass is 16.6. The van der Waals surface area contributed by atoms with Crippen LogP contribution >= 0.6 is 0 Å². The fourth-order valence-corrected chi connectivity index (χ4v) is 3.21. The second-order valence-corrected chi connectivity index (χ2v) is 8.80. The van der Waals surface area contributed by atoms with Crippen molar-refractivity contribution in [3.63, 3.8) is 0 Å². The summed E-state index contributed by atoms with van der Waals surface area (Å²) in [6.07, 6.45) is -4.50. The lowest BCUT2D eigenvalue weighted by Crippen LogP contribution is -2.46. The Kier molecular flexibility index (Phi) is 25.2. The maximum Gasteiger partial charge on any atom is 0.385 e. The molecule has 0 aromatic rings. The lowest BCUT2D eigenvalue weighted by atomic mass is 10.1. The largest absolute Gasteiger partial charge is 0.456 e. The molecular formula is C46H82O9. The van der Waals surface area contributed by atoms with Gasteiger partial charge in [0.15, 0.2) is 12.2 Å². The SMILES string of the molecule is CC#CC#CC#CC#CC#CC#CC#CC#CC(=O)OCC(OCCO)C1OCC(OC(C)=O)C1OC(=O)C#CC#CC#CC#CC#CC#CC#CC#CC.[HH].[HH].[HH].[HH].[HH].[HH].[HH].[HH].[HH].[HH].[HH].[HH].[HH].[HH].[HH].[HH].[HH].[HH].[HH].[HH].[HH].[HH].[HH].[HH].[HH].[HH].[HH].[HH].[HH].[HH]. The van der Waals surface area contributed by atoms with Crippen molar-refractivity contribution in [3.05, 3.63) is 0 Å². The second-order valence-electron chi connectivity index (χ2n) is 8.80. The number of rotatable bonds is 8. The van der Waals surface area contributed by atoms with E-state index in [9.17, 15) is 19.5 Å². The van der Waals surface area contributed by atoms with Gasteiger partial charge in [0, 0.05) is 61.6 Å². The molecule has 9 nitrogen and oxygen atoms in total. The van der Waals surface area contributed by atoms with Gasteiger partial charge in [-0.2, -0.15) is 0 Å². The van der Waals surface area contributed by atoms with Gasteiger partial charge in [-0.05, 0) is 180 Å². The Morgan fingerprint density at radius 2 is 0.982 bits per heavy atom. The van der Waals surface area contributed by atoms with Gasteiger partial charge in [0.2, 0.25) is 0 Å². The molecule has 1 saturated heterocycles. The van der Waals surface area contributed by atoms with Crippen LogP contribution in [0.1, 0.15) is 63.6 Å². The molecule has 0 saturated carbocycles. The lowest BCUT2D eigenvalue weighted by Gasteiger charge is -2.27. The summed E-state index contributed by atoms with van der Waals surface area (Å²) in [7, 11) is 0. The molecule has 4 atom stereocenters. The number of carbonyl (C=O) groups is 3. The summed E-state index contributed by atoms with van der Waals surface area (Å²) in [6, 6.07) is 0. The monoisotopic (exact) mass is 779 g/mol. The van der Waals surface area contributed by atoms with E-state index in [0.717, 1.165) is 6.92 Å². The molecule has 4 unspecified atom stereocenters. The first-order chi connectivity index (χ1) is 26.9. The molecule has 0 aliphatic carbocycles. The zero-order chi connectivity index (χ0) is 40.0. The van der Waals surface area contributed by atoms with Gasteiger partial charge in [0.25, 0.3) is 0 Å². The van der Waals surface area contributed by atoms with Crippen LogP contribution in [0, 0.1) is 189 Å². The van der Waals surface area contributed by atoms with E-state index < -0.39 is 55.5 Å². The third-order valence-corrected chi connectivity index (χ3v) is 5.08. The van der Waals surface area contributed by atoms with E-state index in [4.69, 9.17) is 23.7 Å². The van der Waals surface area contributed by atoms with E-state index in [0.29, 0.717) is 0 Å². The molecule has 0 bridgehead atoms. The van der Waals surface area contributed by atoms with Crippen LogP contribution in [-0.4, -0.2) is 73.9 Å². The standard InChI is InChI=1S/C46H22O9.30H2/c1-4-6-8-10-12-14-16-18-20-22-24-26-28-30-32-34-43(49)52-38-41(51-37-36-47)45-46(42(39-53-45)54-40(3)48)55-44(50)35-33-31-29-27-25-23-21-19-17-15-13-11-9-7-5-2;;;;;;;;;;;;;;;;;;;;;;;;;;;;;;/h41-42,45-47H,36-39H2,1-3H3;30*1H. The zero-order valence-electron chi connectivity index (χ0n) is 29.4. The average molecular weight is 779 g/mol. The molecular weight excluding hydrogens is 696 g/mol. The Labute approximate surface area is 366 Å². The first kappa shape index (κ1) is 44.3. The molecule has 9 heteroatoms. The summed E-state index contributed by atoms with van der Waals surface area (Å²) >= 11 is 0. The van der Waals surface area contributed by atoms with Crippen LogP contribution in [0.5, 0.6) is 0 Å². The normalized spacial score (nSPS) is 12.7. The predicted molar refractivity (Wildman–Crippen MR) is 262 cm³/mol. The van der Waals surface area contributed by atoms with Gasteiger partial charge in [-0.1, -0.05) is 11.8 Å². The van der Waals surface area contributed by atoms with Gasteiger partial charge >= 0.3 is 17.9 Å². The van der Waals surface area contributed by atoms with Crippen LogP contribution in [-0.2, 0) is 38.1 Å². The van der Waals surface area contributed by atoms with Gasteiger partial charge < -0.3 is 28.8 Å². The second kappa shape index (κ2) is 31.2. The number of ether oxygens (including phenoxy) is 5. The summed E-state index contributed by atoms with van der Waals surface area (Å²) < 4.78 is 27.1. The summed E-state index contributed by atoms with van der Waals surface area (Å²) in [5.41, 5.74) is 0. The van der Waals surface area contributed by atoms with Crippen molar-refractivity contribution < 1.29 is 86.0 Å². The molecule has 1 aliphatic rings. The van der Waals surface area contributed by atoms with E-state index in [-0.39, 0.29) is 56.0 Å². The lowest BCUT2D eigenvalue weighted by molar-refractivity contribution is -0.168. The van der Waals surface area contributed by atoms with Crippen LogP contribution in [0.25, 0.3) is 0 Å². The first-order valence-corrected chi connectivity index (χ1v) is 15.2. The van der Waals surface area contributed by atoms with Crippen LogP contribution in [0.3, 0.4) is 0 Å². The molecule has 0 amide bonds. The molecule has 1 aliphatic heterocycles. The smallest absolute Gasteiger partial charge is 0.385 e. The maximum atomic E-state index is 12.5. The predicted octanol–water partition coefficient (Wildman–Crippen LogP) is 6.62. The molecule has 55 heavy (non-hydrogen) atoms. The van der Waals surface area contributed by atoms with Crippen LogP contribution in [0.4, 0.5) is 0 Å². The minimum absolute atomic E-state index is 0. The van der Waals surface area contributed by atoms with Gasteiger partial charge in [-0.25, -0.2) is 9.59 Å². The van der Waals surface area contributed by atoms with Crippen molar-refractivity contribution in [2.45, 2.75) is 45.2 Å². The Morgan fingerprint density at radius 3 is 1.36 bits per heavy atom. The topological polar surface area (TPSA) is 118 Å². The Hall–Kier alpha value is -8.75. The maximum absolute atomic E-state index is 12.5. The van der Waals surface area contributed by atoms with E-state index in [1.54, 1.807) is 13.8 Å². The average Bonchev–Trinajstić information content (AvgIpc) is 3.55. The number of aliphatic hydroxyl groups excluding tert-OH is 1. The van der Waals surface area contributed by atoms with Crippen molar-refractivity contribution in [3.8, 4) is 189 Å². The Balaban J connectivity index is -0.0000000360. The molecule has 1 fully saturated rings. The molecule has 0 aromatic carbocycles. The van der Waals surface area contributed by atoms with Crippen molar-refractivity contribution in [2.24, 2.45) is 0 Å². The van der Waals surface area contributed by atoms with E-state index >= 15 is 0 Å². The molecule has 0 aromatic heterocycles. The molecule has 320 valence electrons. The number of hydrogen-bond acceptors (Lipinski definition) is 9. The van der Waals surface area contributed by atoms with Gasteiger partial charge in [0.1, 0.15) is 18.8 Å². The highest BCUT2D eigenvalue weighted by Gasteiger charge is 2.47.